The molecule has 0 amide bonds. The molecule has 0 radical (unpaired) electrons. The summed E-state index contributed by atoms with van der Waals surface area (Å²) >= 11 is 0. The lowest BCUT2D eigenvalue weighted by Gasteiger charge is -2.07. The van der Waals surface area contributed by atoms with E-state index < -0.39 is 0 Å². The molecule has 1 nitrogen and oxygen atoms in total. The third kappa shape index (κ3) is 5.16. The summed E-state index contributed by atoms with van der Waals surface area (Å²) in [6, 6.07) is 0. The first-order chi connectivity index (χ1) is 4.66. The zero-order chi connectivity index (χ0) is 7.98. The predicted molar refractivity (Wildman–Crippen MR) is 44.7 cm³/mol. The van der Waals surface area contributed by atoms with Gasteiger partial charge in [0.25, 0.3) is 0 Å². The standard InChI is InChI=1S/C9H14O/c1-5-6-7-9(4)10-8(2)3/h5-8H,1,4H2,2-3H3/b7-6-. The predicted octanol–water partition coefficient (Wildman–Crippen LogP) is 2.67. The van der Waals surface area contributed by atoms with Crippen LogP contribution in [0.2, 0.25) is 0 Å². The number of rotatable bonds is 4. The van der Waals surface area contributed by atoms with Crippen LogP contribution in [0.4, 0.5) is 0 Å². The molecule has 56 valence electrons. The average molecular weight is 138 g/mol. The molecule has 1 heteroatoms. The van der Waals surface area contributed by atoms with Gasteiger partial charge in [-0.2, -0.15) is 0 Å². The van der Waals surface area contributed by atoms with Crippen LogP contribution in [0.3, 0.4) is 0 Å². The van der Waals surface area contributed by atoms with Gasteiger partial charge in [-0.1, -0.05) is 25.3 Å². The van der Waals surface area contributed by atoms with Crippen LogP contribution in [0.1, 0.15) is 13.8 Å². The van der Waals surface area contributed by atoms with Gasteiger partial charge in [-0.05, 0) is 19.9 Å². The van der Waals surface area contributed by atoms with E-state index in [0.29, 0.717) is 5.76 Å². The van der Waals surface area contributed by atoms with E-state index in [0.717, 1.165) is 0 Å². The monoisotopic (exact) mass is 138 g/mol. The van der Waals surface area contributed by atoms with Gasteiger partial charge in [0.05, 0.1) is 6.10 Å². The molecule has 0 fully saturated rings. The Kier molecular flexibility index (Phi) is 4.38. The van der Waals surface area contributed by atoms with Crippen molar-refractivity contribution in [1.82, 2.24) is 0 Å². The summed E-state index contributed by atoms with van der Waals surface area (Å²) < 4.78 is 5.22. The van der Waals surface area contributed by atoms with Gasteiger partial charge in [0.1, 0.15) is 5.76 Å². The summed E-state index contributed by atoms with van der Waals surface area (Å²) in [6.07, 6.45) is 5.47. The smallest absolute Gasteiger partial charge is 0.112 e. The Morgan fingerprint density at radius 3 is 2.50 bits per heavy atom. The minimum Gasteiger partial charge on any atom is -0.492 e. The maximum absolute atomic E-state index is 5.22. The molecule has 0 saturated carbocycles. The van der Waals surface area contributed by atoms with Crippen molar-refractivity contribution in [3.63, 3.8) is 0 Å². The summed E-state index contributed by atoms with van der Waals surface area (Å²) in [6.45, 7) is 11.1. The van der Waals surface area contributed by atoms with E-state index in [1.165, 1.54) is 0 Å². The highest BCUT2D eigenvalue weighted by Gasteiger charge is 1.91. The Labute approximate surface area is 62.7 Å². The van der Waals surface area contributed by atoms with Crippen LogP contribution < -0.4 is 0 Å². The van der Waals surface area contributed by atoms with Crippen molar-refractivity contribution in [2.24, 2.45) is 0 Å². The fourth-order valence-corrected chi connectivity index (χ4v) is 0.517. The molecular formula is C9H14O. The number of allylic oxidation sites excluding steroid dienone is 3. The first kappa shape index (κ1) is 9.02. The van der Waals surface area contributed by atoms with Gasteiger partial charge in [-0.25, -0.2) is 0 Å². The Bertz CT molecular complexity index is 143. The van der Waals surface area contributed by atoms with Crippen molar-refractivity contribution in [2.45, 2.75) is 20.0 Å². The highest BCUT2D eigenvalue weighted by atomic mass is 16.5. The summed E-state index contributed by atoms with van der Waals surface area (Å²) in [5, 5.41) is 0. The van der Waals surface area contributed by atoms with Crippen molar-refractivity contribution >= 4 is 0 Å². The maximum atomic E-state index is 5.22. The number of ether oxygens (including phenoxy) is 1. The van der Waals surface area contributed by atoms with Crippen LogP contribution >= 0.6 is 0 Å². The average Bonchev–Trinajstić information content (AvgIpc) is 1.82. The van der Waals surface area contributed by atoms with Crippen molar-refractivity contribution in [2.75, 3.05) is 0 Å². The minimum atomic E-state index is 0.196. The molecule has 0 aromatic carbocycles. The van der Waals surface area contributed by atoms with E-state index in [1.807, 2.05) is 13.8 Å². The molecular weight excluding hydrogens is 124 g/mol. The lowest BCUT2D eigenvalue weighted by atomic mass is 10.4. The van der Waals surface area contributed by atoms with Gasteiger partial charge in [0, 0.05) is 0 Å². The van der Waals surface area contributed by atoms with E-state index in [-0.39, 0.29) is 6.10 Å². The number of hydrogen-bond donors (Lipinski definition) is 0. The lowest BCUT2D eigenvalue weighted by Crippen LogP contribution is -1.99. The van der Waals surface area contributed by atoms with Crippen molar-refractivity contribution in [3.8, 4) is 0 Å². The molecule has 0 spiro atoms. The van der Waals surface area contributed by atoms with Crippen molar-refractivity contribution < 1.29 is 4.74 Å². The van der Waals surface area contributed by atoms with Crippen molar-refractivity contribution in [3.05, 3.63) is 37.1 Å². The van der Waals surface area contributed by atoms with Gasteiger partial charge in [0.2, 0.25) is 0 Å². The Morgan fingerprint density at radius 2 is 2.10 bits per heavy atom. The molecule has 0 heterocycles. The molecule has 0 saturated heterocycles. The van der Waals surface area contributed by atoms with Gasteiger partial charge < -0.3 is 4.74 Å². The van der Waals surface area contributed by atoms with Crippen LogP contribution in [0.25, 0.3) is 0 Å². The van der Waals surface area contributed by atoms with E-state index in [9.17, 15) is 0 Å². The van der Waals surface area contributed by atoms with Gasteiger partial charge >= 0.3 is 0 Å². The molecule has 0 unspecified atom stereocenters. The molecule has 0 aliphatic heterocycles. The zero-order valence-electron chi connectivity index (χ0n) is 6.63. The summed E-state index contributed by atoms with van der Waals surface area (Å²) in [4.78, 5) is 0. The number of hydrogen-bond acceptors (Lipinski definition) is 1. The molecule has 0 aromatic rings. The highest BCUT2D eigenvalue weighted by molar-refractivity contribution is 5.12. The normalized spacial score (nSPS) is 10.3. The van der Waals surface area contributed by atoms with Crippen LogP contribution in [-0.4, -0.2) is 6.10 Å². The second kappa shape index (κ2) is 4.86. The summed E-state index contributed by atoms with van der Waals surface area (Å²) in [5.41, 5.74) is 0. The quantitative estimate of drug-likeness (QED) is 0.428. The summed E-state index contributed by atoms with van der Waals surface area (Å²) in [5.74, 6) is 0.676. The molecule has 0 rings (SSSR count). The maximum Gasteiger partial charge on any atom is 0.112 e. The van der Waals surface area contributed by atoms with E-state index in [2.05, 4.69) is 13.2 Å². The SMILES string of the molecule is C=C/C=C\C(=C)OC(C)C. The summed E-state index contributed by atoms with van der Waals surface area (Å²) in [7, 11) is 0. The first-order valence-electron chi connectivity index (χ1n) is 3.31. The second-order valence-corrected chi connectivity index (χ2v) is 2.23. The molecule has 0 aliphatic rings. The lowest BCUT2D eigenvalue weighted by molar-refractivity contribution is 0.159. The molecule has 0 N–H and O–H groups in total. The van der Waals surface area contributed by atoms with Gasteiger partial charge in [-0.15, -0.1) is 0 Å². The molecule has 0 aromatic heterocycles. The third-order valence-electron chi connectivity index (χ3n) is 0.805. The van der Waals surface area contributed by atoms with Crippen LogP contribution in [0.5, 0.6) is 0 Å². The third-order valence-corrected chi connectivity index (χ3v) is 0.805. The van der Waals surface area contributed by atoms with Crippen LogP contribution in [0.15, 0.2) is 37.1 Å². The fourth-order valence-electron chi connectivity index (χ4n) is 0.517. The molecule has 0 bridgehead atoms. The fraction of sp³-hybridized carbons (Fsp3) is 0.333. The van der Waals surface area contributed by atoms with Crippen LogP contribution in [-0.2, 0) is 4.74 Å². The van der Waals surface area contributed by atoms with E-state index in [1.54, 1.807) is 18.2 Å². The Morgan fingerprint density at radius 1 is 1.50 bits per heavy atom. The van der Waals surface area contributed by atoms with Crippen molar-refractivity contribution in [1.29, 1.82) is 0 Å². The van der Waals surface area contributed by atoms with Crippen LogP contribution in [0, 0.1) is 0 Å². The Balaban J connectivity index is 3.64. The largest absolute Gasteiger partial charge is 0.492 e. The van der Waals surface area contributed by atoms with E-state index in [4.69, 9.17) is 4.74 Å². The van der Waals surface area contributed by atoms with Gasteiger partial charge in [-0.3, -0.25) is 0 Å². The van der Waals surface area contributed by atoms with E-state index >= 15 is 0 Å². The molecule has 0 atom stereocenters. The topological polar surface area (TPSA) is 9.23 Å². The zero-order valence-corrected chi connectivity index (χ0v) is 6.63. The first-order valence-corrected chi connectivity index (χ1v) is 3.31. The second-order valence-electron chi connectivity index (χ2n) is 2.23. The molecule has 0 aliphatic carbocycles. The highest BCUT2D eigenvalue weighted by Crippen LogP contribution is 2.00. The van der Waals surface area contributed by atoms with Gasteiger partial charge in [0.15, 0.2) is 0 Å². The Hall–Kier alpha value is -0.980. The minimum absolute atomic E-state index is 0.196. The molecule has 10 heavy (non-hydrogen) atoms.